The van der Waals surface area contributed by atoms with Crippen molar-refractivity contribution < 1.29 is 19.4 Å². The third kappa shape index (κ3) is 6.07. The summed E-state index contributed by atoms with van der Waals surface area (Å²) < 4.78 is 5.86. The monoisotopic (exact) mass is 754 g/mol. The number of rotatable bonds is 5. The smallest absolute Gasteiger partial charge is 0.411 e. The Bertz CT molecular complexity index is 2300. The third-order valence-electron chi connectivity index (χ3n) is 13.3. The van der Waals surface area contributed by atoms with Crippen LogP contribution in [0.1, 0.15) is 111 Å². The number of imidazole rings is 2. The van der Waals surface area contributed by atoms with Gasteiger partial charge in [-0.2, -0.15) is 0 Å². The Morgan fingerprint density at radius 2 is 1.36 bits per heavy atom. The number of hydrogen-bond acceptors (Lipinski definition) is 5. The summed E-state index contributed by atoms with van der Waals surface area (Å²) in [6, 6.07) is 21.6. The standard InChI is InChI=1S/C46H54N6O4/c1-44(2,3)46(24-34-10-8-12-38(34)52(46)42(53)54)41-48-26-35(50-41)28-15-13-27(14-16-28)29-17-18-31-22-32(20-19-30(31)21-29)36-25-47-40(49-36)39-23-33-9-7-11-37(33)51(39)43(55)56-45(4,5)6/h13-22,25-26,33-34,37-39H,7-12,23-24H2,1-6H3,(H,47,49)(H,48,50)(H,53,54)/t33-,34-,37-,38-,39-,46+/m0/s1. The fourth-order valence-electron chi connectivity index (χ4n) is 10.8. The lowest BCUT2D eigenvalue weighted by Gasteiger charge is -2.47. The molecule has 4 heterocycles. The number of nitrogens with one attached hydrogen (secondary N) is 2. The second-order valence-corrected chi connectivity index (χ2v) is 18.8. The number of benzene rings is 3. The van der Waals surface area contributed by atoms with Crippen molar-refractivity contribution in [3.8, 4) is 33.6 Å². The molecule has 56 heavy (non-hydrogen) atoms. The van der Waals surface area contributed by atoms with Crippen LogP contribution >= 0.6 is 0 Å². The molecule has 292 valence electrons. The van der Waals surface area contributed by atoms with Crippen molar-refractivity contribution in [1.82, 2.24) is 29.7 Å². The van der Waals surface area contributed by atoms with Gasteiger partial charge in [0, 0.05) is 35.6 Å². The highest BCUT2D eigenvalue weighted by molar-refractivity contribution is 5.90. The summed E-state index contributed by atoms with van der Waals surface area (Å²) in [5, 5.41) is 12.8. The number of fused-ring (bicyclic) bond motifs is 3. The molecule has 10 nitrogen and oxygen atoms in total. The van der Waals surface area contributed by atoms with Crippen molar-refractivity contribution in [2.24, 2.45) is 17.3 Å². The molecular weight excluding hydrogens is 701 g/mol. The van der Waals surface area contributed by atoms with E-state index in [1.807, 2.05) is 38.1 Å². The van der Waals surface area contributed by atoms with Gasteiger partial charge in [-0.3, -0.25) is 9.80 Å². The summed E-state index contributed by atoms with van der Waals surface area (Å²) in [6.07, 6.45) is 10.9. The zero-order valence-electron chi connectivity index (χ0n) is 33.4. The number of nitrogens with zero attached hydrogens (tertiary/aromatic N) is 4. The average Bonchev–Trinajstić information content (AvgIpc) is 3.99. The first-order chi connectivity index (χ1) is 26.7. The van der Waals surface area contributed by atoms with E-state index in [0.29, 0.717) is 11.8 Å². The molecule has 2 aromatic heterocycles. The molecule has 2 aliphatic heterocycles. The molecule has 0 radical (unpaired) electrons. The number of carbonyl (C=O) groups excluding carboxylic acids is 1. The van der Waals surface area contributed by atoms with Gasteiger partial charge in [-0.1, -0.05) is 82.1 Å². The Balaban J connectivity index is 0.933. The lowest BCUT2D eigenvalue weighted by molar-refractivity contribution is 0.00348. The van der Waals surface area contributed by atoms with Crippen LogP contribution in [-0.2, 0) is 10.3 Å². The van der Waals surface area contributed by atoms with Crippen LogP contribution in [0.2, 0.25) is 0 Å². The molecule has 2 saturated heterocycles. The maximum Gasteiger partial charge on any atom is 0.411 e. The highest BCUT2D eigenvalue weighted by Crippen LogP contribution is 2.58. The quantitative estimate of drug-likeness (QED) is 0.164. The first kappa shape index (κ1) is 36.5. The minimum Gasteiger partial charge on any atom is -0.465 e. The maximum absolute atomic E-state index is 13.4. The van der Waals surface area contributed by atoms with Crippen LogP contribution in [0.25, 0.3) is 44.4 Å². The third-order valence-corrected chi connectivity index (χ3v) is 13.3. The largest absolute Gasteiger partial charge is 0.465 e. The van der Waals surface area contributed by atoms with Crippen LogP contribution in [0.3, 0.4) is 0 Å². The summed E-state index contributed by atoms with van der Waals surface area (Å²) in [4.78, 5) is 46.9. The predicted molar refractivity (Wildman–Crippen MR) is 218 cm³/mol. The molecule has 0 bridgehead atoms. The summed E-state index contributed by atoms with van der Waals surface area (Å²) in [6.45, 7) is 12.2. The summed E-state index contributed by atoms with van der Waals surface area (Å²) >= 11 is 0. The van der Waals surface area contributed by atoms with E-state index in [-0.39, 0.29) is 29.6 Å². The first-order valence-electron chi connectivity index (χ1n) is 20.5. The zero-order valence-corrected chi connectivity index (χ0v) is 33.4. The molecule has 3 N–H and O–H groups in total. The Hall–Kier alpha value is -5.12. The molecule has 2 aliphatic carbocycles. The van der Waals surface area contributed by atoms with Crippen LogP contribution in [0.15, 0.2) is 73.1 Å². The van der Waals surface area contributed by atoms with E-state index < -0.39 is 17.2 Å². The van der Waals surface area contributed by atoms with Crippen molar-refractivity contribution >= 4 is 23.0 Å². The van der Waals surface area contributed by atoms with Gasteiger partial charge >= 0.3 is 12.2 Å². The number of aromatic nitrogens is 4. The molecule has 3 aromatic carbocycles. The SMILES string of the molecule is CC(C)(C)OC(=O)N1[C@H](c2nc(-c3ccc4cc(-c5ccc(-c6c[nH]c([C@@]7(C(C)(C)C)C[C@@H]8CCC[C@@H]8N7C(=O)O)n6)cc5)ccc4c3)c[nH]2)C[C@@H]2CCC[C@@H]21. The van der Waals surface area contributed by atoms with E-state index in [1.54, 1.807) is 4.90 Å². The number of likely N-dealkylation sites (tertiary alicyclic amines) is 2. The first-order valence-corrected chi connectivity index (χ1v) is 20.5. The molecule has 4 fully saturated rings. The number of amides is 2. The molecule has 4 aliphatic rings. The number of carboxylic acid groups (broad SMARTS) is 1. The van der Waals surface area contributed by atoms with Crippen molar-refractivity contribution in [3.05, 3.63) is 84.7 Å². The van der Waals surface area contributed by atoms with E-state index in [9.17, 15) is 14.7 Å². The number of ether oxygens (including phenoxy) is 1. The lowest BCUT2D eigenvalue weighted by Crippen LogP contribution is -2.55. The molecular formula is C46H54N6O4. The fourth-order valence-corrected chi connectivity index (χ4v) is 10.8. The second-order valence-electron chi connectivity index (χ2n) is 18.8. The molecule has 5 aromatic rings. The van der Waals surface area contributed by atoms with Gasteiger partial charge in [0.15, 0.2) is 0 Å². The van der Waals surface area contributed by atoms with Gasteiger partial charge in [0.2, 0.25) is 0 Å². The van der Waals surface area contributed by atoms with Crippen molar-refractivity contribution in [2.45, 2.75) is 122 Å². The Kier molecular flexibility index (Phi) is 8.63. The van der Waals surface area contributed by atoms with Crippen LogP contribution in [0.5, 0.6) is 0 Å². The topological polar surface area (TPSA) is 127 Å². The van der Waals surface area contributed by atoms with Crippen molar-refractivity contribution in [1.29, 1.82) is 0 Å². The molecule has 2 amide bonds. The normalized spacial score (nSPS) is 26.2. The molecule has 10 heteroatoms. The van der Waals surface area contributed by atoms with Crippen molar-refractivity contribution in [2.75, 3.05) is 0 Å². The zero-order chi connectivity index (χ0) is 39.1. The van der Waals surface area contributed by atoms with Gasteiger partial charge in [0.25, 0.3) is 0 Å². The maximum atomic E-state index is 13.4. The van der Waals surface area contributed by atoms with Gasteiger partial charge < -0.3 is 19.8 Å². The van der Waals surface area contributed by atoms with E-state index in [0.717, 1.165) is 107 Å². The highest BCUT2D eigenvalue weighted by atomic mass is 16.6. The number of carbonyl (C=O) groups is 2. The number of aromatic amines is 2. The van der Waals surface area contributed by atoms with Crippen LogP contribution in [-0.4, -0.2) is 64.7 Å². The van der Waals surface area contributed by atoms with Gasteiger partial charge in [-0.25, -0.2) is 19.6 Å². The van der Waals surface area contributed by atoms with Gasteiger partial charge in [-0.05, 0) is 111 Å². The highest BCUT2D eigenvalue weighted by Gasteiger charge is 2.62. The predicted octanol–water partition coefficient (Wildman–Crippen LogP) is 10.9. The molecule has 9 rings (SSSR count). The number of hydrogen-bond donors (Lipinski definition) is 3. The van der Waals surface area contributed by atoms with Crippen LogP contribution in [0, 0.1) is 17.3 Å². The minimum absolute atomic E-state index is 0.0475. The Morgan fingerprint density at radius 1 is 0.750 bits per heavy atom. The summed E-state index contributed by atoms with van der Waals surface area (Å²) in [5.74, 6) is 2.41. The van der Waals surface area contributed by atoms with E-state index in [4.69, 9.17) is 14.7 Å². The van der Waals surface area contributed by atoms with E-state index in [2.05, 4.69) is 91.4 Å². The van der Waals surface area contributed by atoms with Crippen molar-refractivity contribution in [3.63, 3.8) is 0 Å². The average molecular weight is 755 g/mol. The fraction of sp³-hybridized carbons (Fsp3) is 0.478. The minimum atomic E-state index is -0.854. The number of H-pyrrole nitrogens is 2. The Labute approximate surface area is 329 Å². The summed E-state index contributed by atoms with van der Waals surface area (Å²) in [7, 11) is 0. The van der Waals surface area contributed by atoms with Gasteiger partial charge in [0.1, 0.15) is 22.8 Å². The lowest BCUT2D eigenvalue weighted by atomic mass is 9.70. The van der Waals surface area contributed by atoms with Gasteiger partial charge in [-0.15, -0.1) is 0 Å². The summed E-state index contributed by atoms with van der Waals surface area (Å²) in [5.41, 5.74) is 4.32. The molecule has 0 spiro atoms. The second kappa shape index (κ2) is 13.2. The molecule has 0 unspecified atom stereocenters. The van der Waals surface area contributed by atoms with Crippen LogP contribution in [0.4, 0.5) is 9.59 Å². The Morgan fingerprint density at radius 3 is 2.05 bits per heavy atom. The van der Waals surface area contributed by atoms with E-state index >= 15 is 0 Å². The van der Waals surface area contributed by atoms with Crippen LogP contribution < -0.4 is 0 Å². The van der Waals surface area contributed by atoms with E-state index in [1.165, 1.54) is 0 Å². The van der Waals surface area contributed by atoms with Gasteiger partial charge in [0.05, 0.1) is 17.4 Å². The molecule has 6 atom stereocenters. The molecule has 2 saturated carbocycles.